The van der Waals surface area contributed by atoms with Crippen LogP contribution in [0.4, 0.5) is 0 Å². The number of carbonyl (C=O) groups is 2. The number of fused-ring (bicyclic) bond motifs is 2. The fourth-order valence-electron chi connectivity index (χ4n) is 5.88. The average molecular weight is 412 g/mol. The number of hydrogen-bond donors (Lipinski definition) is 1. The van der Waals surface area contributed by atoms with Gasteiger partial charge in [0.1, 0.15) is 0 Å². The van der Waals surface area contributed by atoms with Crippen molar-refractivity contribution < 1.29 is 9.59 Å². The van der Waals surface area contributed by atoms with E-state index in [4.69, 9.17) is 0 Å². The van der Waals surface area contributed by atoms with Gasteiger partial charge in [-0.25, -0.2) is 0 Å². The molecular weight excluding hydrogens is 374 g/mol. The lowest BCUT2D eigenvalue weighted by molar-refractivity contribution is -0.140. The molecule has 1 N–H and O–H groups in total. The molecule has 6 heteroatoms. The highest BCUT2D eigenvalue weighted by molar-refractivity contribution is 5.85. The number of nitrogens with one attached hydrogen (secondary N) is 1. The summed E-state index contributed by atoms with van der Waals surface area (Å²) >= 11 is 0. The Morgan fingerprint density at radius 2 is 1.32 bits per heavy atom. The van der Waals surface area contributed by atoms with E-state index in [0.717, 1.165) is 38.5 Å². The summed E-state index contributed by atoms with van der Waals surface area (Å²) in [6, 6.07) is 1.31. The van der Waals surface area contributed by atoms with E-state index in [9.17, 15) is 9.59 Å². The summed E-state index contributed by atoms with van der Waals surface area (Å²) in [5, 5.41) is 3.66. The van der Waals surface area contributed by atoms with E-state index in [1.165, 1.54) is 57.8 Å². The third-order valence-corrected chi connectivity index (χ3v) is 7.51. The summed E-state index contributed by atoms with van der Waals surface area (Å²) in [7, 11) is 0. The highest BCUT2D eigenvalue weighted by atomic mass is 35.5. The first kappa shape index (κ1) is 21.9. The molecule has 2 unspecified atom stereocenters. The highest BCUT2D eigenvalue weighted by Crippen LogP contribution is 2.33. The van der Waals surface area contributed by atoms with Crippen LogP contribution in [0.25, 0.3) is 0 Å². The summed E-state index contributed by atoms with van der Waals surface area (Å²) in [6.07, 6.45) is 14.1. The second-order valence-electron chi connectivity index (χ2n) is 9.48. The zero-order chi connectivity index (χ0) is 18.6. The lowest BCUT2D eigenvalue weighted by atomic mass is 9.86. The van der Waals surface area contributed by atoms with Gasteiger partial charge in [-0.1, -0.05) is 32.1 Å². The van der Waals surface area contributed by atoms with Gasteiger partial charge in [-0.3, -0.25) is 9.59 Å². The first-order valence-electron chi connectivity index (χ1n) is 11.5. The number of piperidine rings is 1. The molecule has 2 atom stereocenters. The van der Waals surface area contributed by atoms with Crippen molar-refractivity contribution in [3.63, 3.8) is 0 Å². The summed E-state index contributed by atoms with van der Waals surface area (Å²) in [6.45, 7) is 2.91. The minimum Gasteiger partial charge on any atom is -0.339 e. The van der Waals surface area contributed by atoms with Crippen LogP contribution >= 0.6 is 12.4 Å². The van der Waals surface area contributed by atoms with E-state index in [1.54, 1.807) is 0 Å². The molecule has 160 valence electrons. The molecule has 3 heterocycles. The number of carbonyl (C=O) groups excluding carboxylic acids is 2. The molecule has 0 radical (unpaired) electrons. The van der Waals surface area contributed by atoms with Gasteiger partial charge in [0.15, 0.2) is 0 Å². The van der Waals surface area contributed by atoms with Crippen molar-refractivity contribution in [1.29, 1.82) is 0 Å². The van der Waals surface area contributed by atoms with Crippen LogP contribution in [-0.2, 0) is 9.59 Å². The van der Waals surface area contributed by atoms with E-state index in [2.05, 4.69) is 5.32 Å². The molecule has 1 aliphatic carbocycles. The van der Waals surface area contributed by atoms with Crippen molar-refractivity contribution in [3.8, 4) is 0 Å². The Labute approximate surface area is 176 Å². The smallest absolute Gasteiger partial charge is 0.222 e. The van der Waals surface area contributed by atoms with Gasteiger partial charge >= 0.3 is 0 Å². The predicted molar refractivity (Wildman–Crippen MR) is 114 cm³/mol. The Morgan fingerprint density at radius 3 is 1.93 bits per heavy atom. The van der Waals surface area contributed by atoms with Crippen LogP contribution in [0, 0.1) is 11.8 Å². The topological polar surface area (TPSA) is 52.7 Å². The van der Waals surface area contributed by atoms with Gasteiger partial charge in [0.2, 0.25) is 11.8 Å². The third-order valence-electron chi connectivity index (χ3n) is 7.51. The predicted octanol–water partition coefficient (Wildman–Crippen LogP) is 3.36. The van der Waals surface area contributed by atoms with Crippen molar-refractivity contribution in [2.45, 2.75) is 89.1 Å². The molecule has 5 nitrogen and oxygen atoms in total. The number of piperazine rings is 1. The third kappa shape index (κ3) is 5.63. The number of nitrogens with zero attached hydrogens (tertiary/aromatic N) is 2. The molecule has 4 fully saturated rings. The van der Waals surface area contributed by atoms with Gasteiger partial charge in [-0.15, -0.1) is 12.4 Å². The summed E-state index contributed by atoms with van der Waals surface area (Å²) < 4.78 is 0. The Hall–Kier alpha value is -0.810. The molecule has 4 aliphatic rings. The van der Waals surface area contributed by atoms with Crippen LogP contribution in [0.2, 0.25) is 0 Å². The van der Waals surface area contributed by atoms with Crippen molar-refractivity contribution in [2.75, 3.05) is 26.2 Å². The van der Waals surface area contributed by atoms with Gasteiger partial charge in [0.25, 0.3) is 0 Å². The van der Waals surface area contributed by atoms with Crippen molar-refractivity contribution in [3.05, 3.63) is 0 Å². The van der Waals surface area contributed by atoms with Crippen LogP contribution in [0.3, 0.4) is 0 Å². The largest absolute Gasteiger partial charge is 0.339 e. The zero-order valence-corrected chi connectivity index (χ0v) is 18.1. The fourth-order valence-corrected chi connectivity index (χ4v) is 5.88. The first-order valence-corrected chi connectivity index (χ1v) is 11.5. The second-order valence-corrected chi connectivity index (χ2v) is 9.48. The van der Waals surface area contributed by atoms with Crippen LogP contribution in [-0.4, -0.2) is 59.9 Å². The molecule has 4 rings (SSSR count). The van der Waals surface area contributed by atoms with Crippen molar-refractivity contribution >= 4 is 24.2 Å². The normalized spacial score (nSPS) is 30.8. The maximum absolute atomic E-state index is 12.7. The van der Waals surface area contributed by atoms with Gasteiger partial charge in [0.05, 0.1) is 0 Å². The van der Waals surface area contributed by atoms with E-state index in [0.29, 0.717) is 42.7 Å². The van der Waals surface area contributed by atoms with E-state index in [-0.39, 0.29) is 12.4 Å². The van der Waals surface area contributed by atoms with Gasteiger partial charge in [-0.2, -0.15) is 0 Å². The average Bonchev–Trinajstić information content (AvgIpc) is 3.05. The summed E-state index contributed by atoms with van der Waals surface area (Å²) in [5.74, 6) is 1.95. The van der Waals surface area contributed by atoms with Gasteiger partial charge in [-0.05, 0) is 43.9 Å². The SMILES string of the molecule is Cl.O=C(CCC1CCCCC1)N1CCN(C(=O)CC2CC3CCC(C2)N3)CC1. The van der Waals surface area contributed by atoms with E-state index >= 15 is 0 Å². The minimum atomic E-state index is 0. The monoisotopic (exact) mass is 411 g/mol. The quantitative estimate of drug-likeness (QED) is 0.754. The van der Waals surface area contributed by atoms with Crippen molar-refractivity contribution in [2.24, 2.45) is 11.8 Å². The molecule has 0 spiro atoms. The zero-order valence-electron chi connectivity index (χ0n) is 17.2. The fraction of sp³-hybridized carbons (Fsp3) is 0.909. The Bertz CT molecular complexity index is 518. The maximum Gasteiger partial charge on any atom is 0.222 e. The Kier molecular flexibility index (Phi) is 8.04. The minimum absolute atomic E-state index is 0. The number of rotatable bonds is 5. The Morgan fingerprint density at radius 1 is 0.750 bits per heavy atom. The molecule has 2 amide bonds. The number of amides is 2. The molecule has 3 aliphatic heterocycles. The van der Waals surface area contributed by atoms with Crippen LogP contribution in [0.1, 0.15) is 77.0 Å². The molecule has 2 bridgehead atoms. The van der Waals surface area contributed by atoms with E-state index < -0.39 is 0 Å². The maximum atomic E-state index is 12.7. The Balaban J connectivity index is 0.00000225. The summed E-state index contributed by atoms with van der Waals surface area (Å²) in [5.41, 5.74) is 0. The van der Waals surface area contributed by atoms with Crippen LogP contribution in [0.5, 0.6) is 0 Å². The number of halogens is 1. The molecule has 0 aromatic heterocycles. The van der Waals surface area contributed by atoms with Gasteiger partial charge < -0.3 is 15.1 Å². The van der Waals surface area contributed by atoms with E-state index in [1.807, 2.05) is 9.80 Å². The standard InChI is InChI=1S/C22H37N3O2.ClH/c26-21(9-6-17-4-2-1-3-5-17)24-10-12-25(13-11-24)22(27)16-18-14-19-7-8-20(15-18)23-19;/h17-20,23H,1-16H2;1H. The molecular formula is C22H38ClN3O2. The lowest BCUT2D eigenvalue weighted by Crippen LogP contribution is -2.51. The van der Waals surface area contributed by atoms with Crippen LogP contribution < -0.4 is 5.32 Å². The molecule has 1 saturated carbocycles. The molecule has 28 heavy (non-hydrogen) atoms. The second kappa shape index (κ2) is 10.3. The lowest BCUT2D eigenvalue weighted by Gasteiger charge is -2.36. The molecule has 0 aromatic carbocycles. The first-order chi connectivity index (χ1) is 13.2. The summed E-state index contributed by atoms with van der Waals surface area (Å²) in [4.78, 5) is 29.2. The molecule has 0 aromatic rings. The number of hydrogen-bond acceptors (Lipinski definition) is 3. The highest BCUT2D eigenvalue weighted by Gasteiger charge is 2.35. The van der Waals surface area contributed by atoms with Gasteiger partial charge in [0, 0.05) is 51.1 Å². The van der Waals surface area contributed by atoms with Crippen molar-refractivity contribution in [1.82, 2.24) is 15.1 Å². The molecule has 3 saturated heterocycles. The van der Waals surface area contributed by atoms with Crippen LogP contribution in [0.15, 0.2) is 0 Å².